The summed E-state index contributed by atoms with van der Waals surface area (Å²) < 4.78 is 23.1. The molecule has 0 saturated carbocycles. The minimum atomic E-state index is -1.74. The first kappa shape index (κ1) is 11.3. The molecule has 0 aliphatic heterocycles. The smallest absolute Gasteiger partial charge is 0.330 e. The Kier molecular flexibility index (Phi) is 6.60. The maximum Gasteiger partial charge on any atom is 0.330 e. The zero-order chi connectivity index (χ0) is 9.40. The van der Waals surface area contributed by atoms with Crippen LogP contribution in [0.25, 0.3) is 0 Å². The monoisotopic (exact) mass is 192 g/mol. The summed E-state index contributed by atoms with van der Waals surface area (Å²) in [6.45, 7) is 3.50. The van der Waals surface area contributed by atoms with Crippen molar-refractivity contribution in [3.05, 3.63) is 12.7 Å². The van der Waals surface area contributed by atoms with Crippen molar-refractivity contribution in [2.75, 3.05) is 12.4 Å². The number of carbonyl (C=O) groups is 1. The summed E-state index contributed by atoms with van der Waals surface area (Å²) in [6.07, 6.45) is 2.27. The number of hydrogen-bond acceptors (Lipinski definition) is 3. The van der Waals surface area contributed by atoms with Crippen molar-refractivity contribution in [2.45, 2.75) is 12.8 Å². The molecular weight excluding hydrogens is 180 g/mol. The van der Waals surface area contributed by atoms with Gasteiger partial charge in [0, 0.05) is 11.8 Å². The van der Waals surface area contributed by atoms with Gasteiger partial charge in [0.25, 0.3) is 0 Å². The van der Waals surface area contributed by atoms with Gasteiger partial charge in [0.2, 0.25) is 0 Å². The van der Waals surface area contributed by atoms with Gasteiger partial charge >= 0.3 is 5.97 Å². The van der Waals surface area contributed by atoms with E-state index in [1.807, 2.05) is 0 Å². The third-order valence-electron chi connectivity index (χ3n) is 1.12. The molecule has 0 heterocycles. The second-order valence-electron chi connectivity index (χ2n) is 2.10. The van der Waals surface area contributed by atoms with Crippen LogP contribution in [-0.4, -0.2) is 27.1 Å². The van der Waals surface area contributed by atoms with E-state index >= 15 is 0 Å². The number of esters is 1. The van der Waals surface area contributed by atoms with Crippen LogP contribution in [0.4, 0.5) is 0 Å². The molecule has 0 aromatic heterocycles. The molecule has 0 saturated heterocycles. The van der Waals surface area contributed by atoms with Crippen molar-refractivity contribution >= 4 is 17.0 Å². The van der Waals surface area contributed by atoms with Crippen LogP contribution in [0.3, 0.4) is 0 Å². The first-order chi connectivity index (χ1) is 5.66. The molecular formula is C7H12O4S. The standard InChI is InChI=1S/C7H12O4S/c1-2-7(8)11-5-3-4-6-12(9)10/h2H,1,3-6H2,(H,9,10). The van der Waals surface area contributed by atoms with E-state index in [-0.39, 0.29) is 12.4 Å². The highest BCUT2D eigenvalue weighted by atomic mass is 32.2. The molecule has 0 aliphatic rings. The molecule has 0 amide bonds. The van der Waals surface area contributed by atoms with Gasteiger partial charge in [-0.15, -0.1) is 0 Å². The lowest BCUT2D eigenvalue weighted by atomic mass is 10.4. The van der Waals surface area contributed by atoms with E-state index < -0.39 is 17.0 Å². The third kappa shape index (κ3) is 7.43. The number of hydrogen-bond donors (Lipinski definition) is 1. The second-order valence-corrected chi connectivity index (χ2v) is 3.16. The number of rotatable bonds is 6. The van der Waals surface area contributed by atoms with Crippen LogP contribution in [0.5, 0.6) is 0 Å². The van der Waals surface area contributed by atoms with Gasteiger partial charge in [-0.05, 0) is 12.8 Å². The fraction of sp³-hybridized carbons (Fsp3) is 0.571. The first-order valence-corrected chi connectivity index (χ1v) is 4.81. The highest BCUT2D eigenvalue weighted by molar-refractivity contribution is 7.79. The van der Waals surface area contributed by atoms with Crippen LogP contribution in [0.1, 0.15) is 12.8 Å². The third-order valence-corrected chi connectivity index (χ3v) is 1.76. The van der Waals surface area contributed by atoms with Gasteiger partial charge in [0.1, 0.15) is 0 Å². The molecule has 0 radical (unpaired) electrons. The van der Waals surface area contributed by atoms with Crippen molar-refractivity contribution in [2.24, 2.45) is 0 Å². The Morgan fingerprint density at radius 3 is 2.75 bits per heavy atom. The van der Waals surface area contributed by atoms with Crippen LogP contribution in [0.15, 0.2) is 12.7 Å². The van der Waals surface area contributed by atoms with E-state index in [9.17, 15) is 9.00 Å². The molecule has 0 spiro atoms. The maximum absolute atomic E-state index is 10.5. The zero-order valence-corrected chi connectivity index (χ0v) is 7.51. The molecule has 1 unspecified atom stereocenters. The zero-order valence-electron chi connectivity index (χ0n) is 6.69. The summed E-state index contributed by atoms with van der Waals surface area (Å²) in [7, 11) is 0. The van der Waals surface area contributed by atoms with Crippen molar-refractivity contribution < 1.29 is 18.3 Å². The Balaban J connectivity index is 3.16. The molecule has 12 heavy (non-hydrogen) atoms. The number of unbranched alkanes of at least 4 members (excludes halogenated alkanes) is 1. The van der Waals surface area contributed by atoms with Crippen LogP contribution < -0.4 is 0 Å². The van der Waals surface area contributed by atoms with E-state index in [4.69, 9.17) is 4.55 Å². The normalized spacial score (nSPS) is 12.1. The predicted molar refractivity (Wildman–Crippen MR) is 46.0 cm³/mol. The molecule has 0 aliphatic carbocycles. The summed E-state index contributed by atoms with van der Waals surface area (Å²) in [5, 5.41) is 0. The Hall–Kier alpha value is -0.680. The minimum absolute atomic E-state index is 0.228. The van der Waals surface area contributed by atoms with Gasteiger partial charge in [-0.1, -0.05) is 6.58 Å². The molecule has 0 fully saturated rings. The van der Waals surface area contributed by atoms with E-state index in [2.05, 4.69) is 11.3 Å². The van der Waals surface area contributed by atoms with E-state index in [0.29, 0.717) is 12.8 Å². The SMILES string of the molecule is C=CC(=O)OCCCCS(=O)O. The Morgan fingerprint density at radius 1 is 1.58 bits per heavy atom. The molecule has 0 bridgehead atoms. The van der Waals surface area contributed by atoms with Crippen molar-refractivity contribution in [1.29, 1.82) is 0 Å². The Bertz CT molecular complexity index is 178. The van der Waals surface area contributed by atoms with Gasteiger partial charge in [0.15, 0.2) is 11.1 Å². The fourth-order valence-electron chi connectivity index (χ4n) is 0.559. The highest BCUT2D eigenvalue weighted by Crippen LogP contribution is 1.92. The summed E-state index contributed by atoms with van der Waals surface area (Å²) >= 11 is -1.74. The number of carbonyl (C=O) groups excluding carboxylic acids is 1. The molecule has 5 heteroatoms. The van der Waals surface area contributed by atoms with Gasteiger partial charge in [-0.25, -0.2) is 9.00 Å². The Morgan fingerprint density at radius 2 is 2.25 bits per heavy atom. The maximum atomic E-state index is 10.5. The van der Waals surface area contributed by atoms with Crippen LogP contribution in [-0.2, 0) is 20.6 Å². The minimum Gasteiger partial charge on any atom is -0.463 e. The molecule has 0 aromatic rings. The lowest BCUT2D eigenvalue weighted by molar-refractivity contribution is -0.137. The van der Waals surface area contributed by atoms with Crippen molar-refractivity contribution in [1.82, 2.24) is 0 Å². The molecule has 0 rings (SSSR count). The van der Waals surface area contributed by atoms with E-state index in [1.54, 1.807) is 0 Å². The first-order valence-electron chi connectivity index (χ1n) is 3.53. The van der Waals surface area contributed by atoms with Crippen molar-refractivity contribution in [3.63, 3.8) is 0 Å². The van der Waals surface area contributed by atoms with Crippen LogP contribution in [0.2, 0.25) is 0 Å². The molecule has 1 atom stereocenters. The van der Waals surface area contributed by atoms with Crippen molar-refractivity contribution in [3.8, 4) is 0 Å². The van der Waals surface area contributed by atoms with Crippen LogP contribution >= 0.6 is 0 Å². The average Bonchev–Trinajstić information content (AvgIpc) is 2.03. The summed E-state index contributed by atoms with van der Waals surface area (Å²) in [4.78, 5) is 10.5. The molecule has 70 valence electrons. The predicted octanol–water partition coefficient (Wildman–Crippen LogP) is 0.717. The number of ether oxygens (including phenoxy) is 1. The average molecular weight is 192 g/mol. The van der Waals surface area contributed by atoms with Gasteiger partial charge in [-0.3, -0.25) is 0 Å². The lowest BCUT2D eigenvalue weighted by Crippen LogP contribution is -2.03. The summed E-state index contributed by atoms with van der Waals surface area (Å²) in [6, 6.07) is 0. The second kappa shape index (κ2) is 7.00. The molecule has 1 N–H and O–H groups in total. The summed E-state index contributed by atoms with van der Waals surface area (Å²) in [5.74, 6) is -0.230. The van der Waals surface area contributed by atoms with E-state index in [1.165, 1.54) is 0 Å². The van der Waals surface area contributed by atoms with Crippen LogP contribution in [0, 0.1) is 0 Å². The molecule has 4 nitrogen and oxygen atoms in total. The highest BCUT2D eigenvalue weighted by Gasteiger charge is 1.96. The topological polar surface area (TPSA) is 63.6 Å². The van der Waals surface area contributed by atoms with E-state index in [0.717, 1.165) is 6.08 Å². The molecule has 0 aromatic carbocycles. The Labute approximate surface area is 73.9 Å². The fourth-order valence-corrected chi connectivity index (χ4v) is 1.01. The van der Waals surface area contributed by atoms with Gasteiger partial charge in [-0.2, -0.15) is 0 Å². The summed E-state index contributed by atoms with van der Waals surface area (Å²) in [5.41, 5.74) is 0. The van der Waals surface area contributed by atoms with Gasteiger partial charge in [0.05, 0.1) is 6.61 Å². The van der Waals surface area contributed by atoms with Gasteiger partial charge < -0.3 is 9.29 Å². The lowest BCUT2D eigenvalue weighted by Gasteiger charge is -1.99. The quantitative estimate of drug-likeness (QED) is 0.291. The largest absolute Gasteiger partial charge is 0.463 e.